The molecule has 0 aliphatic rings. The van der Waals surface area contributed by atoms with Crippen LogP contribution in [-0.4, -0.2) is 33.9 Å². The van der Waals surface area contributed by atoms with E-state index >= 15 is 0 Å². The molecule has 0 aliphatic heterocycles. The molecule has 3 nitrogen and oxygen atoms in total. The Morgan fingerprint density at radius 2 is 1.88 bits per heavy atom. The van der Waals surface area contributed by atoms with Crippen LogP contribution in [0.1, 0.15) is 12.5 Å². The molecule has 0 spiro atoms. The molecule has 4 heteroatoms. The molecule has 0 heterocycles. The first-order chi connectivity index (χ1) is 7.61. The summed E-state index contributed by atoms with van der Waals surface area (Å²) in [6.07, 6.45) is -1.57. The second-order valence-corrected chi connectivity index (χ2v) is 4.92. The maximum absolute atomic E-state index is 9.52. The summed E-state index contributed by atoms with van der Waals surface area (Å²) in [5, 5.41) is 18.7. The molecule has 0 saturated carbocycles. The van der Waals surface area contributed by atoms with E-state index in [9.17, 15) is 10.2 Å². The van der Waals surface area contributed by atoms with E-state index in [0.717, 1.165) is 5.56 Å². The smallest absolute Gasteiger partial charge is 0.0943 e. The van der Waals surface area contributed by atoms with Crippen LogP contribution in [-0.2, 0) is 11.3 Å². The first-order valence-electron chi connectivity index (χ1n) is 5.23. The number of halogens is 1. The Morgan fingerprint density at radius 1 is 1.25 bits per heavy atom. The molecular weight excluding hydrogens is 272 g/mol. The van der Waals surface area contributed by atoms with Gasteiger partial charge in [0.05, 0.1) is 30.2 Å². The number of aliphatic hydroxyl groups excluding tert-OH is 2. The van der Waals surface area contributed by atoms with E-state index in [2.05, 4.69) is 15.9 Å². The molecule has 0 amide bonds. The van der Waals surface area contributed by atoms with Crippen molar-refractivity contribution in [3.8, 4) is 0 Å². The first kappa shape index (κ1) is 13.6. The maximum atomic E-state index is 9.52. The lowest BCUT2D eigenvalue weighted by Crippen LogP contribution is -2.34. The van der Waals surface area contributed by atoms with Crippen LogP contribution in [0.25, 0.3) is 0 Å². The minimum atomic E-state index is -0.809. The minimum Gasteiger partial charge on any atom is -0.391 e. The summed E-state index contributed by atoms with van der Waals surface area (Å²) in [5.41, 5.74) is 1.09. The van der Waals surface area contributed by atoms with Crippen molar-refractivity contribution in [2.45, 2.75) is 30.6 Å². The van der Waals surface area contributed by atoms with Gasteiger partial charge in [-0.25, -0.2) is 0 Å². The van der Waals surface area contributed by atoms with E-state index in [1.165, 1.54) is 0 Å². The topological polar surface area (TPSA) is 49.7 Å². The van der Waals surface area contributed by atoms with Gasteiger partial charge in [0, 0.05) is 0 Å². The lowest BCUT2D eigenvalue weighted by Gasteiger charge is -2.19. The number of aliphatic hydroxyl groups is 2. The maximum Gasteiger partial charge on any atom is 0.0943 e. The third-order valence-corrected chi connectivity index (χ3v) is 3.06. The third-order valence-electron chi connectivity index (χ3n) is 2.25. The average molecular weight is 289 g/mol. The quantitative estimate of drug-likeness (QED) is 0.784. The van der Waals surface area contributed by atoms with Gasteiger partial charge in [-0.05, 0) is 12.5 Å². The van der Waals surface area contributed by atoms with E-state index < -0.39 is 12.2 Å². The van der Waals surface area contributed by atoms with Crippen LogP contribution in [0, 0.1) is 0 Å². The molecule has 90 valence electrons. The van der Waals surface area contributed by atoms with E-state index in [1.807, 2.05) is 30.3 Å². The van der Waals surface area contributed by atoms with Gasteiger partial charge in [-0.3, -0.25) is 0 Å². The summed E-state index contributed by atoms with van der Waals surface area (Å²) in [4.78, 5) is -0.254. The fourth-order valence-electron chi connectivity index (χ4n) is 1.26. The van der Waals surface area contributed by atoms with Crippen LogP contribution in [0.5, 0.6) is 0 Å². The van der Waals surface area contributed by atoms with Crippen LogP contribution in [0.2, 0.25) is 0 Å². The molecule has 1 rings (SSSR count). The Morgan fingerprint density at radius 3 is 2.44 bits per heavy atom. The molecule has 1 aromatic carbocycles. The highest BCUT2D eigenvalue weighted by Crippen LogP contribution is 2.11. The van der Waals surface area contributed by atoms with E-state index in [4.69, 9.17) is 4.74 Å². The summed E-state index contributed by atoms with van der Waals surface area (Å²) < 4.78 is 5.43. The molecule has 3 atom stereocenters. The van der Waals surface area contributed by atoms with Gasteiger partial charge in [-0.15, -0.1) is 0 Å². The highest BCUT2D eigenvalue weighted by atomic mass is 79.9. The SMILES string of the molecule is C[C@@H](O)[C@H](O)[C@H](Br)COCc1ccccc1. The van der Waals surface area contributed by atoms with Crippen molar-refractivity contribution >= 4 is 15.9 Å². The van der Waals surface area contributed by atoms with Crippen LogP contribution in [0.3, 0.4) is 0 Å². The summed E-state index contributed by atoms with van der Waals surface area (Å²) in [7, 11) is 0. The van der Waals surface area contributed by atoms with Gasteiger partial charge >= 0.3 is 0 Å². The van der Waals surface area contributed by atoms with Gasteiger partial charge in [0.15, 0.2) is 0 Å². The molecule has 0 aromatic heterocycles. The Bertz CT molecular complexity index is 290. The monoisotopic (exact) mass is 288 g/mol. The number of rotatable bonds is 6. The second kappa shape index (κ2) is 7.01. The molecule has 1 aromatic rings. The standard InChI is InChI=1S/C12H17BrO3/c1-9(14)12(15)11(13)8-16-7-10-5-3-2-4-6-10/h2-6,9,11-12,14-15H,7-8H2,1H3/t9-,11-,12+/m1/s1. The van der Waals surface area contributed by atoms with Crippen molar-refractivity contribution in [1.29, 1.82) is 0 Å². The molecule has 0 radical (unpaired) electrons. The number of hydrogen-bond donors (Lipinski definition) is 2. The fourth-order valence-corrected chi connectivity index (χ4v) is 1.89. The van der Waals surface area contributed by atoms with Crippen LogP contribution < -0.4 is 0 Å². The molecule has 16 heavy (non-hydrogen) atoms. The highest BCUT2D eigenvalue weighted by Gasteiger charge is 2.20. The first-order valence-corrected chi connectivity index (χ1v) is 6.14. The Labute approximate surface area is 104 Å². The number of hydrogen-bond acceptors (Lipinski definition) is 3. The van der Waals surface area contributed by atoms with Gasteiger partial charge in [-0.1, -0.05) is 46.3 Å². The van der Waals surface area contributed by atoms with E-state index in [1.54, 1.807) is 6.92 Å². The highest BCUT2D eigenvalue weighted by molar-refractivity contribution is 9.09. The van der Waals surface area contributed by atoms with Crippen molar-refractivity contribution in [2.75, 3.05) is 6.61 Å². The molecule has 2 N–H and O–H groups in total. The lowest BCUT2D eigenvalue weighted by molar-refractivity contribution is 0.00889. The van der Waals surface area contributed by atoms with Crippen molar-refractivity contribution in [3.63, 3.8) is 0 Å². The molecule has 0 saturated heterocycles. The van der Waals surface area contributed by atoms with Crippen molar-refractivity contribution < 1.29 is 14.9 Å². The van der Waals surface area contributed by atoms with Gasteiger partial charge in [0.2, 0.25) is 0 Å². The minimum absolute atomic E-state index is 0.254. The van der Waals surface area contributed by atoms with E-state index in [-0.39, 0.29) is 4.83 Å². The molecule has 0 bridgehead atoms. The Balaban J connectivity index is 2.25. The predicted octanol–water partition coefficient (Wildman–Crippen LogP) is 1.71. The number of alkyl halides is 1. The summed E-state index contributed by atoms with van der Waals surface area (Å²) in [5.74, 6) is 0. The predicted molar refractivity (Wildman–Crippen MR) is 66.5 cm³/mol. The van der Waals surface area contributed by atoms with Crippen molar-refractivity contribution in [3.05, 3.63) is 35.9 Å². The van der Waals surface area contributed by atoms with Gasteiger partial charge < -0.3 is 14.9 Å². The second-order valence-electron chi connectivity index (χ2n) is 3.75. The lowest BCUT2D eigenvalue weighted by atomic mass is 10.2. The Kier molecular flexibility index (Phi) is 5.98. The van der Waals surface area contributed by atoms with Gasteiger partial charge in [-0.2, -0.15) is 0 Å². The fraction of sp³-hybridized carbons (Fsp3) is 0.500. The van der Waals surface area contributed by atoms with Crippen LogP contribution in [0.4, 0.5) is 0 Å². The molecule has 0 aliphatic carbocycles. The van der Waals surface area contributed by atoms with Crippen LogP contribution in [0.15, 0.2) is 30.3 Å². The van der Waals surface area contributed by atoms with Crippen molar-refractivity contribution in [1.82, 2.24) is 0 Å². The summed E-state index contributed by atoms with van der Waals surface area (Å²) in [6, 6.07) is 9.82. The number of benzene rings is 1. The largest absolute Gasteiger partial charge is 0.391 e. The molecule has 0 fully saturated rings. The molecular formula is C12H17BrO3. The van der Waals surface area contributed by atoms with Gasteiger partial charge in [0.1, 0.15) is 0 Å². The zero-order valence-electron chi connectivity index (χ0n) is 9.21. The van der Waals surface area contributed by atoms with Crippen molar-refractivity contribution in [2.24, 2.45) is 0 Å². The van der Waals surface area contributed by atoms with Gasteiger partial charge in [0.25, 0.3) is 0 Å². The third kappa shape index (κ3) is 4.61. The summed E-state index contributed by atoms with van der Waals surface area (Å²) >= 11 is 3.28. The summed E-state index contributed by atoms with van der Waals surface area (Å²) in [6.45, 7) is 2.42. The average Bonchev–Trinajstić information content (AvgIpc) is 2.29. The zero-order chi connectivity index (χ0) is 12.0. The number of ether oxygens (including phenoxy) is 1. The van der Waals surface area contributed by atoms with E-state index in [0.29, 0.717) is 13.2 Å². The molecule has 0 unspecified atom stereocenters. The van der Waals surface area contributed by atoms with Crippen LogP contribution >= 0.6 is 15.9 Å². The normalized spacial score (nSPS) is 16.8. The zero-order valence-corrected chi connectivity index (χ0v) is 10.8. The Hall–Kier alpha value is -0.420.